The van der Waals surface area contributed by atoms with Gasteiger partial charge in [-0.1, -0.05) is 63.6 Å². The fourth-order valence-electron chi connectivity index (χ4n) is 2.87. The first-order valence-electron chi connectivity index (χ1n) is 10.7. The fraction of sp³-hybridized carbons (Fsp3) is 0.609. The molecular weight excluding hydrogens is 368 g/mol. The van der Waals surface area contributed by atoms with Crippen LogP contribution in [0, 0.1) is 0 Å². The number of hydrogen-bond acceptors (Lipinski definition) is 4. The van der Waals surface area contributed by atoms with E-state index in [0.29, 0.717) is 12.2 Å². The van der Waals surface area contributed by atoms with Gasteiger partial charge in [0, 0.05) is 24.8 Å². The van der Waals surface area contributed by atoms with E-state index < -0.39 is 8.56 Å². The van der Waals surface area contributed by atoms with Gasteiger partial charge in [0.2, 0.25) is 0 Å². The average Bonchev–Trinajstić information content (AvgIpc) is 2.68. The van der Waals surface area contributed by atoms with Gasteiger partial charge in [0.1, 0.15) is 0 Å². The van der Waals surface area contributed by atoms with Gasteiger partial charge >= 0.3 is 14.5 Å². The van der Waals surface area contributed by atoms with Gasteiger partial charge in [0.15, 0.2) is 0 Å². The standard InChI is InChI=1S/C23H38O4Si/c1-5-7-17-26-28(27-18-8-6-2,20-22-14-10-9-11-15-22)19-13-12-16-25-23(24)21(3)4/h9-11,14-15H,3,5-8,12-13,16-20H2,1-2,4H3. The zero-order chi connectivity index (χ0) is 20.7. The van der Waals surface area contributed by atoms with E-state index in [2.05, 4.69) is 44.7 Å². The van der Waals surface area contributed by atoms with Crippen molar-refractivity contribution in [3.63, 3.8) is 0 Å². The maximum Gasteiger partial charge on any atom is 0.342 e. The second-order valence-corrected chi connectivity index (χ2v) is 10.6. The van der Waals surface area contributed by atoms with E-state index >= 15 is 0 Å². The lowest BCUT2D eigenvalue weighted by Crippen LogP contribution is -2.45. The van der Waals surface area contributed by atoms with Crippen LogP contribution in [-0.4, -0.2) is 34.4 Å². The number of benzene rings is 1. The Morgan fingerprint density at radius 1 is 0.929 bits per heavy atom. The topological polar surface area (TPSA) is 44.8 Å². The lowest BCUT2D eigenvalue weighted by Gasteiger charge is -2.31. The summed E-state index contributed by atoms with van der Waals surface area (Å²) >= 11 is 0. The van der Waals surface area contributed by atoms with E-state index in [1.165, 1.54) is 5.56 Å². The van der Waals surface area contributed by atoms with Crippen molar-refractivity contribution in [1.82, 2.24) is 0 Å². The minimum atomic E-state index is -2.37. The Bertz CT molecular complexity index is 549. The third-order valence-electron chi connectivity index (χ3n) is 4.58. The molecule has 0 aliphatic heterocycles. The Labute approximate surface area is 172 Å². The van der Waals surface area contributed by atoms with Crippen LogP contribution >= 0.6 is 0 Å². The van der Waals surface area contributed by atoms with Crippen LogP contribution in [0.2, 0.25) is 6.04 Å². The molecule has 0 fully saturated rings. The summed E-state index contributed by atoms with van der Waals surface area (Å²) < 4.78 is 18.2. The Kier molecular flexibility index (Phi) is 12.8. The number of carbonyl (C=O) groups excluding carboxylic acids is 1. The van der Waals surface area contributed by atoms with Gasteiger partial charge in [-0.3, -0.25) is 0 Å². The summed E-state index contributed by atoms with van der Waals surface area (Å²) in [7, 11) is -2.37. The van der Waals surface area contributed by atoms with Gasteiger partial charge in [-0.05, 0) is 44.2 Å². The molecule has 0 saturated heterocycles. The van der Waals surface area contributed by atoms with Gasteiger partial charge in [0.05, 0.1) is 6.61 Å². The van der Waals surface area contributed by atoms with Crippen LogP contribution in [0.15, 0.2) is 42.5 Å². The molecule has 28 heavy (non-hydrogen) atoms. The summed E-state index contributed by atoms with van der Waals surface area (Å²) in [5.74, 6) is -0.314. The minimum Gasteiger partial charge on any atom is -0.462 e. The first-order chi connectivity index (χ1) is 13.5. The summed E-state index contributed by atoms with van der Waals surface area (Å²) in [6, 6.07) is 12.3. The van der Waals surface area contributed by atoms with Crippen molar-refractivity contribution in [2.45, 2.75) is 71.4 Å². The highest BCUT2D eigenvalue weighted by Crippen LogP contribution is 2.24. The lowest BCUT2D eigenvalue weighted by molar-refractivity contribution is -0.139. The quantitative estimate of drug-likeness (QED) is 0.152. The SMILES string of the molecule is C=C(C)C(=O)OCCCC[Si](Cc1ccccc1)(OCCCC)OCCCC. The van der Waals surface area contributed by atoms with Crippen molar-refractivity contribution in [3.05, 3.63) is 48.0 Å². The van der Waals surface area contributed by atoms with E-state index in [0.717, 1.165) is 63.8 Å². The third kappa shape index (κ3) is 10.2. The molecule has 1 aromatic carbocycles. The van der Waals surface area contributed by atoms with E-state index in [4.69, 9.17) is 13.6 Å². The number of unbranched alkanes of at least 4 members (excludes halogenated alkanes) is 3. The van der Waals surface area contributed by atoms with E-state index in [9.17, 15) is 4.79 Å². The molecule has 0 radical (unpaired) electrons. The average molecular weight is 407 g/mol. The molecule has 1 rings (SSSR count). The molecule has 0 unspecified atom stereocenters. The van der Waals surface area contributed by atoms with Gasteiger partial charge < -0.3 is 13.6 Å². The monoisotopic (exact) mass is 406 g/mol. The zero-order valence-corrected chi connectivity index (χ0v) is 19.0. The Hall–Kier alpha value is -1.43. The molecule has 0 heterocycles. The van der Waals surface area contributed by atoms with Crippen molar-refractivity contribution < 1.29 is 18.4 Å². The number of esters is 1. The van der Waals surface area contributed by atoms with Gasteiger partial charge in [0.25, 0.3) is 0 Å². The van der Waals surface area contributed by atoms with Crippen LogP contribution in [0.5, 0.6) is 0 Å². The van der Waals surface area contributed by atoms with Crippen LogP contribution in [0.25, 0.3) is 0 Å². The maximum atomic E-state index is 11.5. The van der Waals surface area contributed by atoms with E-state index in [1.807, 2.05) is 6.07 Å². The van der Waals surface area contributed by atoms with Crippen LogP contribution in [-0.2, 0) is 24.4 Å². The molecule has 0 aliphatic carbocycles. The molecule has 1 aromatic rings. The molecule has 158 valence electrons. The highest BCUT2D eigenvalue weighted by molar-refractivity contribution is 6.66. The molecule has 0 N–H and O–H groups in total. The predicted molar refractivity (Wildman–Crippen MR) is 117 cm³/mol. The molecular formula is C23H38O4Si. The first kappa shape index (κ1) is 24.6. The highest BCUT2D eigenvalue weighted by Gasteiger charge is 2.37. The first-order valence-corrected chi connectivity index (χ1v) is 12.9. The maximum absolute atomic E-state index is 11.5. The van der Waals surface area contributed by atoms with Gasteiger partial charge in [-0.15, -0.1) is 0 Å². The van der Waals surface area contributed by atoms with Crippen LogP contribution in [0.1, 0.15) is 64.9 Å². The van der Waals surface area contributed by atoms with Crippen molar-refractivity contribution in [3.8, 4) is 0 Å². The molecule has 0 saturated carbocycles. The van der Waals surface area contributed by atoms with Crippen molar-refractivity contribution in [1.29, 1.82) is 0 Å². The van der Waals surface area contributed by atoms with Gasteiger partial charge in [-0.25, -0.2) is 4.79 Å². The van der Waals surface area contributed by atoms with Crippen LogP contribution < -0.4 is 0 Å². The Morgan fingerprint density at radius 2 is 1.54 bits per heavy atom. The summed E-state index contributed by atoms with van der Waals surface area (Å²) in [5, 5.41) is 0. The highest BCUT2D eigenvalue weighted by atomic mass is 28.4. The second kappa shape index (κ2) is 14.5. The summed E-state index contributed by atoms with van der Waals surface area (Å²) in [6.45, 7) is 11.6. The number of hydrogen-bond donors (Lipinski definition) is 0. The molecule has 0 bridgehead atoms. The summed E-state index contributed by atoms with van der Waals surface area (Å²) in [4.78, 5) is 11.5. The smallest absolute Gasteiger partial charge is 0.342 e. The molecule has 5 heteroatoms. The summed E-state index contributed by atoms with van der Waals surface area (Å²) in [6.07, 6.45) is 6.08. The second-order valence-electron chi connectivity index (χ2n) is 7.35. The van der Waals surface area contributed by atoms with Crippen molar-refractivity contribution in [2.75, 3.05) is 19.8 Å². The van der Waals surface area contributed by atoms with Crippen LogP contribution in [0.4, 0.5) is 0 Å². The van der Waals surface area contributed by atoms with Crippen LogP contribution in [0.3, 0.4) is 0 Å². The minimum absolute atomic E-state index is 0.314. The molecule has 4 nitrogen and oxygen atoms in total. The zero-order valence-electron chi connectivity index (χ0n) is 18.0. The third-order valence-corrected chi connectivity index (χ3v) is 8.10. The lowest BCUT2D eigenvalue weighted by atomic mass is 10.2. The predicted octanol–water partition coefficient (Wildman–Crippen LogP) is 5.74. The molecule has 0 aliphatic rings. The normalized spacial score (nSPS) is 11.4. The molecule has 0 aromatic heterocycles. The summed E-state index contributed by atoms with van der Waals surface area (Å²) in [5.41, 5.74) is 1.72. The van der Waals surface area contributed by atoms with E-state index in [-0.39, 0.29) is 5.97 Å². The van der Waals surface area contributed by atoms with E-state index in [1.54, 1.807) is 6.92 Å². The van der Waals surface area contributed by atoms with Gasteiger partial charge in [-0.2, -0.15) is 0 Å². The Morgan fingerprint density at radius 3 is 2.07 bits per heavy atom. The molecule has 0 atom stereocenters. The van der Waals surface area contributed by atoms with Crippen molar-refractivity contribution >= 4 is 14.5 Å². The Balaban J connectivity index is 2.73. The molecule has 0 amide bonds. The molecule has 0 spiro atoms. The largest absolute Gasteiger partial charge is 0.462 e. The fourth-order valence-corrected chi connectivity index (χ4v) is 6.30. The number of carbonyl (C=O) groups is 1. The number of rotatable bonds is 16. The van der Waals surface area contributed by atoms with Crippen molar-refractivity contribution in [2.24, 2.45) is 0 Å². The number of ether oxygens (including phenoxy) is 1.